The van der Waals surface area contributed by atoms with Crippen LogP contribution in [0.3, 0.4) is 0 Å². The molecule has 0 saturated carbocycles. The normalized spacial score (nSPS) is 10.7. The molecule has 0 aliphatic heterocycles. The molecule has 0 saturated heterocycles. The third-order valence-electron chi connectivity index (χ3n) is 4.22. The molecule has 0 aromatic heterocycles. The van der Waals surface area contributed by atoms with Crippen LogP contribution in [0.5, 0.6) is 5.75 Å². The summed E-state index contributed by atoms with van der Waals surface area (Å²) >= 11 is 0. The van der Waals surface area contributed by atoms with Crippen LogP contribution in [0, 0.1) is 0 Å². The molecule has 3 N–H and O–H groups in total. The van der Waals surface area contributed by atoms with Gasteiger partial charge in [-0.2, -0.15) is 0 Å². The standard InChI is InChI=1S/C24H34N2O7/c25-22-6-8-23(9-7-22)32-19-18-31-17-16-30-15-14-29-13-12-28-11-10-26-24(27)33-20-21-4-2-1-3-5-21/h1-9H,10-20,25H2,(H,26,27). The average Bonchev–Trinajstić information content (AvgIpc) is 2.84. The van der Waals surface area contributed by atoms with Crippen molar-refractivity contribution in [1.29, 1.82) is 0 Å². The van der Waals surface area contributed by atoms with Crippen molar-refractivity contribution in [2.24, 2.45) is 0 Å². The fourth-order valence-corrected chi connectivity index (χ4v) is 2.54. The van der Waals surface area contributed by atoms with Crippen molar-refractivity contribution in [2.75, 3.05) is 71.7 Å². The predicted octanol–water partition coefficient (Wildman–Crippen LogP) is 2.64. The number of nitrogens with one attached hydrogen (secondary N) is 1. The lowest BCUT2D eigenvalue weighted by atomic mass is 10.2. The van der Waals surface area contributed by atoms with Crippen molar-refractivity contribution < 1.29 is 33.2 Å². The van der Waals surface area contributed by atoms with Crippen LogP contribution >= 0.6 is 0 Å². The predicted molar refractivity (Wildman–Crippen MR) is 124 cm³/mol. The highest BCUT2D eigenvalue weighted by atomic mass is 16.6. The second kappa shape index (κ2) is 17.7. The van der Waals surface area contributed by atoms with Crippen molar-refractivity contribution in [3.8, 4) is 5.75 Å². The van der Waals surface area contributed by atoms with E-state index in [4.69, 9.17) is 34.2 Å². The van der Waals surface area contributed by atoms with Crippen LogP contribution in [0.4, 0.5) is 10.5 Å². The van der Waals surface area contributed by atoms with E-state index in [1.807, 2.05) is 42.5 Å². The topological polar surface area (TPSA) is 111 Å². The van der Waals surface area contributed by atoms with E-state index in [2.05, 4.69) is 5.32 Å². The van der Waals surface area contributed by atoms with Crippen molar-refractivity contribution >= 4 is 11.8 Å². The Balaban J connectivity index is 1.26. The molecule has 0 bridgehead atoms. The molecule has 0 unspecified atom stereocenters. The lowest BCUT2D eigenvalue weighted by Crippen LogP contribution is -2.28. The smallest absolute Gasteiger partial charge is 0.407 e. The molecule has 182 valence electrons. The minimum absolute atomic E-state index is 0.245. The van der Waals surface area contributed by atoms with E-state index < -0.39 is 6.09 Å². The van der Waals surface area contributed by atoms with Crippen molar-refractivity contribution in [3.63, 3.8) is 0 Å². The van der Waals surface area contributed by atoms with E-state index in [9.17, 15) is 4.79 Å². The number of hydrogen-bond acceptors (Lipinski definition) is 8. The molecule has 9 heteroatoms. The summed E-state index contributed by atoms with van der Waals surface area (Å²) < 4.78 is 32.3. The number of alkyl carbamates (subject to hydrolysis) is 1. The number of benzene rings is 2. The summed E-state index contributed by atoms with van der Waals surface area (Å²) in [7, 11) is 0. The number of rotatable bonds is 18. The number of anilines is 1. The molecular weight excluding hydrogens is 428 g/mol. The van der Waals surface area contributed by atoms with Gasteiger partial charge in [0, 0.05) is 12.2 Å². The van der Waals surface area contributed by atoms with Crippen LogP contribution < -0.4 is 15.8 Å². The summed E-state index contributed by atoms with van der Waals surface area (Å²) in [5.41, 5.74) is 7.27. The monoisotopic (exact) mass is 462 g/mol. The molecule has 0 radical (unpaired) electrons. The molecule has 2 aromatic carbocycles. The van der Waals surface area contributed by atoms with Gasteiger partial charge in [0.05, 0.1) is 52.9 Å². The number of nitrogen functional groups attached to an aromatic ring is 1. The van der Waals surface area contributed by atoms with Gasteiger partial charge < -0.3 is 39.5 Å². The van der Waals surface area contributed by atoms with Gasteiger partial charge in [0.25, 0.3) is 0 Å². The number of hydrogen-bond donors (Lipinski definition) is 2. The molecule has 1 amide bonds. The number of ether oxygens (including phenoxy) is 6. The van der Waals surface area contributed by atoms with Gasteiger partial charge in [0.1, 0.15) is 19.0 Å². The Hall–Kier alpha value is -2.85. The molecular formula is C24H34N2O7. The zero-order valence-electron chi connectivity index (χ0n) is 18.9. The lowest BCUT2D eigenvalue weighted by molar-refractivity contribution is -0.00428. The molecule has 9 nitrogen and oxygen atoms in total. The summed E-state index contributed by atoms with van der Waals surface area (Å²) in [6.45, 7) is 4.82. The Morgan fingerprint density at radius 1 is 0.697 bits per heavy atom. The second-order valence-electron chi connectivity index (χ2n) is 6.86. The zero-order chi connectivity index (χ0) is 23.4. The van der Waals surface area contributed by atoms with Crippen molar-refractivity contribution in [2.45, 2.75) is 6.61 Å². The van der Waals surface area contributed by atoms with Crippen molar-refractivity contribution in [3.05, 3.63) is 60.2 Å². The summed E-state index contributed by atoms with van der Waals surface area (Å²) in [5, 5.41) is 2.64. The van der Waals surface area contributed by atoms with Gasteiger partial charge in [0.2, 0.25) is 0 Å². The summed E-state index contributed by atoms with van der Waals surface area (Å²) in [6.07, 6.45) is -0.464. The van der Waals surface area contributed by atoms with Crippen LogP contribution in [0.15, 0.2) is 54.6 Å². The van der Waals surface area contributed by atoms with Gasteiger partial charge in [-0.3, -0.25) is 0 Å². The Kier molecular flexibility index (Phi) is 14.1. The zero-order valence-corrected chi connectivity index (χ0v) is 18.9. The maximum atomic E-state index is 11.6. The summed E-state index contributed by atoms with van der Waals surface area (Å²) in [6, 6.07) is 16.7. The van der Waals surface area contributed by atoms with Crippen molar-refractivity contribution in [1.82, 2.24) is 5.32 Å². The Bertz CT molecular complexity index is 744. The van der Waals surface area contributed by atoms with Crippen LogP contribution in [-0.4, -0.2) is 72.1 Å². The molecule has 0 atom stereocenters. The molecule has 0 aliphatic rings. The largest absolute Gasteiger partial charge is 0.491 e. The maximum absolute atomic E-state index is 11.6. The first-order valence-corrected chi connectivity index (χ1v) is 11.0. The van der Waals surface area contributed by atoms with Gasteiger partial charge in [-0.05, 0) is 29.8 Å². The van der Waals surface area contributed by atoms with E-state index in [0.29, 0.717) is 71.7 Å². The summed E-state index contributed by atoms with van der Waals surface area (Å²) in [4.78, 5) is 11.6. The first-order valence-electron chi connectivity index (χ1n) is 11.0. The SMILES string of the molecule is Nc1ccc(OCCOCCOCCOCCOCCNC(=O)OCc2ccccc2)cc1. The molecule has 0 heterocycles. The fraction of sp³-hybridized carbons (Fsp3) is 0.458. The molecule has 33 heavy (non-hydrogen) atoms. The molecule has 2 aromatic rings. The number of amides is 1. The van der Waals surface area contributed by atoms with Gasteiger partial charge in [0.15, 0.2) is 0 Å². The van der Waals surface area contributed by atoms with Crippen LogP contribution in [-0.2, 0) is 30.3 Å². The third kappa shape index (κ3) is 14.0. The van der Waals surface area contributed by atoms with Crippen LogP contribution in [0.25, 0.3) is 0 Å². The fourth-order valence-electron chi connectivity index (χ4n) is 2.54. The molecule has 0 aliphatic carbocycles. The molecule has 2 rings (SSSR count). The first kappa shape index (κ1) is 26.4. The Morgan fingerprint density at radius 2 is 1.24 bits per heavy atom. The van der Waals surface area contributed by atoms with Crippen LogP contribution in [0.1, 0.15) is 5.56 Å². The van der Waals surface area contributed by atoms with Gasteiger partial charge in [-0.15, -0.1) is 0 Å². The van der Waals surface area contributed by atoms with E-state index in [1.165, 1.54) is 0 Å². The van der Waals surface area contributed by atoms with E-state index in [1.54, 1.807) is 12.1 Å². The minimum atomic E-state index is -0.464. The van der Waals surface area contributed by atoms with Gasteiger partial charge in [-0.25, -0.2) is 4.79 Å². The first-order chi connectivity index (χ1) is 16.2. The van der Waals surface area contributed by atoms with E-state index >= 15 is 0 Å². The van der Waals surface area contributed by atoms with Gasteiger partial charge in [-0.1, -0.05) is 30.3 Å². The van der Waals surface area contributed by atoms with E-state index in [0.717, 1.165) is 11.3 Å². The molecule has 0 spiro atoms. The lowest BCUT2D eigenvalue weighted by Gasteiger charge is -2.09. The number of nitrogens with two attached hydrogens (primary N) is 1. The Labute approximate surface area is 195 Å². The third-order valence-corrected chi connectivity index (χ3v) is 4.22. The highest BCUT2D eigenvalue weighted by Crippen LogP contribution is 2.12. The average molecular weight is 463 g/mol. The number of carbonyl (C=O) groups is 1. The minimum Gasteiger partial charge on any atom is -0.491 e. The van der Waals surface area contributed by atoms with Gasteiger partial charge >= 0.3 is 6.09 Å². The highest BCUT2D eigenvalue weighted by molar-refractivity contribution is 5.67. The Morgan fingerprint density at radius 3 is 1.85 bits per heavy atom. The summed E-state index contributed by atoms with van der Waals surface area (Å²) in [5.74, 6) is 0.766. The molecule has 0 fully saturated rings. The van der Waals surface area contributed by atoms with E-state index in [-0.39, 0.29) is 6.61 Å². The second-order valence-corrected chi connectivity index (χ2v) is 6.86. The quantitative estimate of drug-likeness (QED) is 0.257. The van der Waals surface area contributed by atoms with Crippen LogP contribution in [0.2, 0.25) is 0 Å². The number of carbonyl (C=O) groups excluding carboxylic acids is 1. The maximum Gasteiger partial charge on any atom is 0.407 e. The highest BCUT2D eigenvalue weighted by Gasteiger charge is 2.01.